The number of benzene rings is 2. The lowest BCUT2D eigenvalue weighted by Gasteiger charge is -2.13. The van der Waals surface area contributed by atoms with Crippen molar-refractivity contribution in [1.29, 1.82) is 0 Å². The first-order valence-electron chi connectivity index (χ1n) is 7.54. The van der Waals surface area contributed by atoms with Crippen LogP contribution in [-0.4, -0.2) is 26.2 Å². The van der Waals surface area contributed by atoms with Gasteiger partial charge in [-0.1, -0.05) is 43.4 Å². The third kappa shape index (κ3) is 4.72. The Labute approximate surface area is 138 Å². The predicted octanol–water partition coefficient (Wildman–Crippen LogP) is 4.32. The molecular weight excluding hydrogens is 312 g/mol. The number of rotatable bonds is 7. The second-order valence-corrected chi connectivity index (χ2v) is 9.89. The smallest absolute Gasteiger partial charge is 0.193 e. The van der Waals surface area contributed by atoms with E-state index in [1.165, 1.54) is 0 Å². The second kappa shape index (κ2) is 8.16. The Bertz CT molecular complexity index is 596. The quantitative estimate of drug-likeness (QED) is 0.429. The molecule has 0 aliphatic rings. The molecule has 0 aromatic heterocycles. The van der Waals surface area contributed by atoms with Crippen molar-refractivity contribution in [1.82, 2.24) is 0 Å². The Hall–Kier alpha value is -1.58. The van der Waals surface area contributed by atoms with E-state index < -0.39 is 8.80 Å². The summed E-state index contributed by atoms with van der Waals surface area (Å²) < 4.78 is 5.69. The Morgan fingerprint density at radius 2 is 1.64 bits per heavy atom. The Kier molecular flexibility index (Phi) is 6.22. The van der Waals surface area contributed by atoms with E-state index in [0.717, 1.165) is 12.2 Å². The summed E-state index contributed by atoms with van der Waals surface area (Å²) in [5, 5.41) is 0.263. The van der Waals surface area contributed by atoms with Gasteiger partial charge in [-0.25, -0.2) is 0 Å². The fraction of sp³-hybridized carbons (Fsp3) is 0.278. The van der Waals surface area contributed by atoms with Gasteiger partial charge in [-0.05, 0) is 30.7 Å². The minimum absolute atomic E-state index is 0.0266. The van der Waals surface area contributed by atoms with Crippen molar-refractivity contribution in [3.05, 3.63) is 65.7 Å². The van der Waals surface area contributed by atoms with E-state index in [1.807, 2.05) is 42.5 Å². The van der Waals surface area contributed by atoms with Crippen molar-refractivity contribution in [2.75, 3.05) is 6.61 Å². The number of hydrogen-bond donors (Lipinski definition) is 0. The van der Waals surface area contributed by atoms with E-state index in [0.29, 0.717) is 17.7 Å². The van der Waals surface area contributed by atoms with Gasteiger partial charge in [0.1, 0.15) is 5.75 Å². The van der Waals surface area contributed by atoms with E-state index in [4.69, 9.17) is 16.3 Å². The van der Waals surface area contributed by atoms with Gasteiger partial charge in [0, 0.05) is 16.1 Å². The van der Waals surface area contributed by atoms with Crippen LogP contribution >= 0.6 is 11.6 Å². The molecule has 2 nitrogen and oxygen atoms in total. The molecule has 0 amide bonds. The maximum atomic E-state index is 12.3. The average Bonchev–Trinajstić information content (AvgIpc) is 2.55. The number of hydrogen-bond acceptors (Lipinski definition) is 2. The van der Waals surface area contributed by atoms with Gasteiger partial charge in [-0.15, -0.1) is 11.6 Å². The van der Waals surface area contributed by atoms with Gasteiger partial charge < -0.3 is 4.74 Å². The summed E-state index contributed by atoms with van der Waals surface area (Å²) in [5.41, 5.74) is 1.37. The molecule has 116 valence electrons. The molecule has 2 aromatic carbocycles. The molecule has 0 radical (unpaired) electrons. The Morgan fingerprint density at radius 3 is 2.23 bits per heavy atom. The normalized spacial score (nSPS) is 12.2. The van der Waals surface area contributed by atoms with Gasteiger partial charge >= 0.3 is 0 Å². The third-order valence-electron chi connectivity index (χ3n) is 3.54. The van der Waals surface area contributed by atoms with Crippen LogP contribution in [0.5, 0.6) is 5.75 Å². The van der Waals surface area contributed by atoms with Crippen LogP contribution in [0.4, 0.5) is 0 Å². The Balaban J connectivity index is 1.92. The van der Waals surface area contributed by atoms with Crippen molar-refractivity contribution in [3.8, 4) is 5.75 Å². The number of carbonyl (C=O) groups is 1. The summed E-state index contributed by atoms with van der Waals surface area (Å²) >= 11 is 6.25. The van der Waals surface area contributed by atoms with Gasteiger partial charge in [0.15, 0.2) is 5.78 Å². The topological polar surface area (TPSA) is 26.3 Å². The molecule has 0 saturated carbocycles. The van der Waals surface area contributed by atoms with Crippen molar-refractivity contribution >= 4 is 26.2 Å². The minimum atomic E-state index is -0.806. The molecule has 0 aliphatic carbocycles. The molecule has 0 N–H and O–H groups in total. The zero-order valence-corrected chi connectivity index (χ0v) is 14.9. The highest BCUT2D eigenvalue weighted by atomic mass is 35.5. The fourth-order valence-corrected chi connectivity index (χ4v) is 2.97. The summed E-state index contributed by atoms with van der Waals surface area (Å²) in [4.78, 5) is 12.3. The standard InChI is InChI=1S/C18H21ClO2Si/c1-22(2)17(19)12-13-21-16-10-8-15(9-11-16)18(20)14-6-4-3-5-7-14/h3-11,17,22H,12-13H2,1-2H3. The lowest BCUT2D eigenvalue weighted by atomic mass is 10.0. The number of alkyl halides is 1. The van der Waals surface area contributed by atoms with Crippen LogP contribution in [0.25, 0.3) is 0 Å². The Morgan fingerprint density at radius 1 is 1.05 bits per heavy atom. The van der Waals surface area contributed by atoms with Crippen LogP contribution in [0.1, 0.15) is 22.3 Å². The number of ether oxygens (including phenoxy) is 1. The van der Waals surface area contributed by atoms with Gasteiger partial charge in [0.25, 0.3) is 0 Å². The number of halogens is 1. The molecule has 2 rings (SSSR count). The molecule has 0 spiro atoms. The minimum Gasteiger partial charge on any atom is -0.494 e. The number of ketones is 1. The summed E-state index contributed by atoms with van der Waals surface area (Å²) in [7, 11) is -0.806. The molecule has 0 fully saturated rings. The predicted molar refractivity (Wildman–Crippen MR) is 94.9 cm³/mol. The average molecular weight is 333 g/mol. The first kappa shape index (κ1) is 16.8. The van der Waals surface area contributed by atoms with Crippen molar-refractivity contribution in [2.45, 2.75) is 24.5 Å². The monoisotopic (exact) mass is 332 g/mol. The van der Waals surface area contributed by atoms with E-state index in [1.54, 1.807) is 12.1 Å². The van der Waals surface area contributed by atoms with E-state index >= 15 is 0 Å². The lowest BCUT2D eigenvalue weighted by Crippen LogP contribution is -2.20. The van der Waals surface area contributed by atoms with Crippen molar-refractivity contribution in [3.63, 3.8) is 0 Å². The zero-order valence-electron chi connectivity index (χ0n) is 13.0. The first-order chi connectivity index (χ1) is 10.6. The third-order valence-corrected chi connectivity index (χ3v) is 7.05. The highest BCUT2D eigenvalue weighted by Gasteiger charge is 2.11. The molecule has 0 bridgehead atoms. The van der Waals surface area contributed by atoms with Crippen molar-refractivity contribution in [2.24, 2.45) is 0 Å². The van der Waals surface area contributed by atoms with Crippen molar-refractivity contribution < 1.29 is 9.53 Å². The van der Waals surface area contributed by atoms with E-state index in [9.17, 15) is 4.79 Å². The summed E-state index contributed by atoms with van der Waals surface area (Å²) in [6.07, 6.45) is 0.871. The van der Waals surface area contributed by atoms with E-state index in [-0.39, 0.29) is 10.8 Å². The summed E-state index contributed by atoms with van der Waals surface area (Å²) in [6, 6.07) is 16.6. The second-order valence-electron chi connectivity index (χ2n) is 5.62. The van der Waals surface area contributed by atoms with Crippen LogP contribution in [0, 0.1) is 0 Å². The molecule has 0 saturated heterocycles. The highest BCUT2D eigenvalue weighted by Crippen LogP contribution is 2.16. The number of carbonyl (C=O) groups excluding carboxylic acids is 1. The van der Waals surface area contributed by atoms with Crippen LogP contribution in [-0.2, 0) is 0 Å². The molecule has 0 heterocycles. The highest BCUT2D eigenvalue weighted by molar-refractivity contribution is 6.67. The van der Waals surface area contributed by atoms with Gasteiger partial charge in [-0.3, -0.25) is 4.79 Å². The zero-order chi connectivity index (χ0) is 15.9. The molecule has 22 heavy (non-hydrogen) atoms. The molecule has 2 aromatic rings. The molecule has 4 heteroatoms. The lowest BCUT2D eigenvalue weighted by molar-refractivity contribution is 0.103. The first-order valence-corrected chi connectivity index (χ1v) is 11.0. The van der Waals surface area contributed by atoms with E-state index in [2.05, 4.69) is 13.1 Å². The fourth-order valence-electron chi connectivity index (χ4n) is 2.08. The molecule has 0 aliphatic heterocycles. The van der Waals surface area contributed by atoms with Gasteiger partial charge in [0.05, 0.1) is 15.4 Å². The molecule has 1 atom stereocenters. The SMILES string of the molecule is C[SiH](C)C(Cl)CCOc1ccc(C(=O)c2ccccc2)cc1. The summed E-state index contributed by atoms with van der Waals surface area (Å²) in [5.74, 6) is 0.803. The van der Waals surface area contributed by atoms with Crippen LogP contribution in [0.2, 0.25) is 13.1 Å². The summed E-state index contributed by atoms with van der Waals surface area (Å²) in [6.45, 7) is 5.09. The van der Waals surface area contributed by atoms with Crippen LogP contribution < -0.4 is 4.74 Å². The van der Waals surface area contributed by atoms with Crippen LogP contribution in [0.15, 0.2) is 54.6 Å². The maximum absolute atomic E-state index is 12.3. The maximum Gasteiger partial charge on any atom is 0.193 e. The largest absolute Gasteiger partial charge is 0.494 e. The molecular formula is C18H21ClO2Si. The van der Waals surface area contributed by atoms with Crippen LogP contribution in [0.3, 0.4) is 0 Å². The van der Waals surface area contributed by atoms with Gasteiger partial charge in [-0.2, -0.15) is 0 Å². The van der Waals surface area contributed by atoms with Gasteiger partial charge in [0.2, 0.25) is 0 Å². The molecule has 1 unspecified atom stereocenters.